The minimum atomic E-state index is 0.151. The highest BCUT2D eigenvalue weighted by atomic mass is 16.5. The summed E-state index contributed by atoms with van der Waals surface area (Å²) in [6, 6.07) is 8.86. The van der Waals surface area contributed by atoms with Gasteiger partial charge in [-0.05, 0) is 38.2 Å². The van der Waals surface area contributed by atoms with Crippen LogP contribution in [0.25, 0.3) is 0 Å². The van der Waals surface area contributed by atoms with E-state index in [-0.39, 0.29) is 5.41 Å². The zero-order chi connectivity index (χ0) is 15.4. The van der Waals surface area contributed by atoms with Crippen LogP contribution in [0.1, 0.15) is 63.0 Å². The molecule has 2 aliphatic carbocycles. The van der Waals surface area contributed by atoms with Gasteiger partial charge in [-0.25, -0.2) is 0 Å². The van der Waals surface area contributed by atoms with Gasteiger partial charge in [0.1, 0.15) is 5.75 Å². The molecule has 23 heavy (non-hydrogen) atoms. The molecular weight excluding hydrogens is 286 g/mol. The van der Waals surface area contributed by atoms with Gasteiger partial charge in [-0.2, -0.15) is 0 Å². The third-order valence-electron chi connectivity index (χ3n) is 6.42. The number of para-hydroxylation sites is 1. The first kappa shape index (κ1) is 13.6. The van der Waals surface area contributed by atoms with Crippen LogP contribution in [0.15, 0.2) is 35.5 Å². The molecule has 0 saturated heterocycles. The molecule has 1 aromatic carbocycles. The second-order valence-corrected chi connectivity index (χ2v) is 7.59. The highest BCUT2D eigenvalue weighted by molar-refractivity contribution is 5.98. The van der Waals surface area contributed by atoms with Gasteiger partial charge in [-0.15, -0.1) is 0 Å². The lowest BCUT2D eigenvalue weighted by Gasteiger charge is -2.51. The normalized spacial score (nSPS) is 28.3. The van der Waals surface area contributed by atoms with Gasteiger partial charge in [0.2, 0.25) is 0 Å². The standard InChI is InChI=1S/C20H23NO2/c22-17-8-5-7-15-19(17)20(10-3-4-11-20)12-16-14-6-1-2-9-18(14)23-13-21(15)16/h1-2,6,9,16H,3-5,7-8,10-13H2. The van der Waals surface area contributed by atoms with Crippen molar-refractivity contribution < 1.29 is 9.53 Å². The number of rotatable bonds is 0. The summed E-state index contributed by atoms with van der Waals surface area (Å²) in [5.74, 6) is 1.46. The topological polar surface area (TPSA) is 29.5 Å². The molecule has 1 saturated carbocycles. The number of carbonyl (C=O) groups excluding carboxylic acids is 1. The van der Waals surface area contributed by atoms with Gasteiger partial charge >= 0.3 is 0 Å². The van der Waals surface area contributed by atoms with E-state index in [1.165, 1.54) is 42.5 Å². The van der Waals surface area contributed by atoms with E-state index in [0.29, 0.717) is 18.6 Å². The fourth-order valence-electron chi connectivity index (χ4n) is 5.46. The third kappa shape index (κ3) is 1.85. The Labute approximate surface area is 137 Å². The summed E-state index contributed by atoms with van der Waals surface area (Å²) in [5, 5.41) is 0. The van der Waals surface area contributed by atoms with Crippen LogP contribution in [0.2, 0.25) is 0 Å². The van der Waals surface area contributed by atoms with Gasteiger partial charge in [0.15, 0.2) is 12.5 Å². The van der Waals surface area contributed by atoms with Crippen LogP contribution in [0.4, 0.5) is 0 Å². The van der Waals surface area contributed by atoms with Gasteiger partial charge in [-0.3, -0.25) is 4.79 Å². The molecule has 0 N–H and O–H groups in total. The zero-order valence-electron chi connectivity index (χ0n) is 13.5. The SMILES string of the molecule is O=C1CCCC2=C1C1(CCCC1)CC1c3ccccc3OCN21. The van der Waals surface area contributed by atoms with E-state index in [1.54, 1.807) is 0 Å². The Morgan fingerprint density at radius 3 is 2.78 bits per heavy atom. The second kappa shape index (κ2) is 4.86. The first-order valence-corrected chi connectivity index (χ1v) is 9.04. The number of Topliss-reactive ketones (excluding diaryl/α,β-unsaturated/α-hetero) is 1. The van der Waals surface area contributed by atoms with E-state index in [4.69, 9.17) is 4.74 Å². The van der Waals surface area contributed by atoms with Gasteiger partial charge in [0.05, 0.1) is 6.04 Å². The number of nitrogens with zero attached hydrogens (tertiary/aromatic N) is 1. The summed E-state index contributed by atoms with van der Waals surface area (Å²) in [6.45, 7) is 0.601. The molecule has 0 radical (unpaired) electrons. The fraction of sp³-hybridized carbons (Fsp3) is 0.550. The lowest BCUT2D eigenvalue weighted by molar-refractivity contribution is -0.118. The van der Waals surface area contributed by atoms with Gasteiger partial charge in [0.25, 0.3) is 0 Å². The summed E-state index contributed by atoms with van der Waals surface area (Å²) in [7, 11) is 0. The smallest absolute Gasteiger partial charge is 0.161 e. The fourth-order valence-corrected chi connectivity index (χ4v) is 5.46. The molecule has 2 heterocycles. The van der Waals surface area contributed by atoms with Crippen molar-refractivity contribution in [1.82, 2.24) is 4.90 Å². The van der Waals surface area contributed by atoms with Crippen molar-refractivity contribution in [2.45, 2.75) is 57.4 Å². The van der Waals surface area contributed by atoms with Crippen molar-refractivity contribution in [1.29, 1.82) is 0 Å². The van der Waals surface area contributed by atoms with Crippen LogP contribution in [0.5, 0.6) is 5.75 Å². The van der Waals surface area contributed by atoms with Crippen LogP contribution in [-0.4, -0.2) is 17.4 Å². The van der Waals surface area contributed by atoms with Crippen LogP contribution >= 0.6 is 0 Å². The Balaban J connectivity index is 1.68. The summed E-state index contributed by atoms with van der Waals surface area (Å²) >= 11 is 0. The van der Waals surface area contributed by atoms with E-state index >= 15 is 0 Å². The number of fused-ring (bicyclic) bond motifs is 5. The molecular formula is C20H23NO2. The molecule has 1 atom stereocenters. The number of hydrogen-bond donors (Lipinski definition) is 0. The van der Waals surface area contributed by atoms with Gasteiger partial charge in [0, 0.05) is 28.7 Å². The Morgan fingerprint density at radius 2 is 1.91 bits per heavy atom. The average molecular weight is 309 g/mol. The highest BCUT2D eigenvalue weighted by Crippen LogP contribution is 2.59. The number of benzene rings is 1. The first-order valence-electron chi connectivity index (χ1n) is 9.04. The predicted molar refractivity (Wildman–Crippen MR) is 87.9 cm³/mol. The largest absolute Gasteiger partial charge is 0.473 e. The number of hydrogen-bond acceptors (Lipinski definition) is 3. The van der Waals surface area contributed by atoms with E-state index in [9.17, 15) is 4.79 Å². The summed E-state index contributed by atoms with van der Waals surface area (Å²) in [6.07, 6.45) is 8.83. The number of ketones is 1. The van der Waals surface area contributed by atoms with Crippen molar-refractivity contribution in [3.05, 3.63) is 41.1 Å². The van der Waals surface area contributed by atoms with Crippen molar-refractivity contribution in [2.24, 2.45) is 5.41 Å². The number of carbonyl (C=O) groups is 1. The maximum Gasteiger partial charge on any atom is 0.161 e. The Morgan fingerprint density at radius 1 is 1.09 bits per heavy atom. The van der Waals surface area contributed by atoms with Gasteiger partial charge < -0.3 is 9.64 Å². The Bertz CT molecular complexity index is 699. The maximum absolute atomic E-state index is 12.8. The van der Waals surface area contributed by atoms with Crippen molar-refractivity contribution >= 4 is 5.78 Å². The summed E-state index contributed by atoms with van der Waals surface area (Å²) < 4.78 is 6.01. The molecule has 3 heteroatoms. The molecule has 1 spiro atoms. The highest BCUT2D eigenvalue weighted by Gasteiger charge is 2.51. The number of ether oxygens (including phenoxy) is 1. The molecule has 1 aromatic rings. The quantitative estimate of drug-likeness (QED) is 0.713. The molecule has 4 aliphatic rings. The third-order valence-corrected chi connectivity index (χ3v) is 6.42. The Kier molecular flexibility index (Phi) is 2.88. The van der Waals surface area contributed by atoms with E-state index in [2.05, 4.69) is 29.2 Å². The molecule has 0 bridgehead atoms. The number of allylic oxidation sites excluding steroid dienone is 2. The van der Waals surface area contributed by atoms with Crippen molar-refractivity contribution in [3.63, 3.8) is 0 Å². The van der Waals surface area contributed by atoms with E-state index < -0.39 is 0 Å². The Hall–Kier alpha value is -1.77. The monoisotopic (exact) mass is 309 g/mol. The van der Waals surface area contributed by atoms with Crippen LogP contribution in [0.3, 0.4) is 0 Å². The zero-order valence-corrected chi connectivity index (χ0v) is 13.5. The lowest BCUT2D eigenvalue weighted by Crippen LogP contribution is -2.47. The summed E-state index contributed by atoms with van der Waals surface area (Å²) in [5.41, 5.74) is 3.97. The van der Waals surface area contributed by atoms with Crippen molar-refractivity contribution in [3.8, 4) is 5.75 Å². The van der Waals surface area contributed by atoms with Crippen LogP contribution in [-0.2, 0) is 4.79 Å². The van der Waals surface area contributed by atoms with E-state index in [0.717, 1.165) is 31.4 Å². The second-order valence-electron chi connectivity index (χ2n) is 7.59. The van der Waals surface area contributed by atoms with Crippen LogP contribution < -0.4 is 4.74 Å². The van der Waals surface area contributed by atoms with Crippen LogP contribution in [0, 0.1) is 5.41 Å². The molecule has 3 nitrogen and oxygen atoms in total. The molecule has 0 amide bonds. The molecule has 0 aromatic heterocycles. The lowest BCUT2D eigenvalue weighted by atomic mass is 9.65. The minimum absolute atomic E-state index is 0.151. The summed E-state index contributed by atoms with van der Waals surface area (Å²) in [4.78, 5) is 15.2. The molecule has 1 unspecified atom stereocenters. The maximum atomic E-state index is 12.8. The molecule has 1 fully saturated rings. The van der Waals surface area contributed by atoms with E-state index in [1.807, 2.05) is 0 Å². The minimum Gasteiger partial charge on any atom is -0.473 e. The predicted octanol–water partition coefficient (Wildman–Crippen LogP) is 4.35. The van der Waals surface area contributed by atoms with Crippen molar-refractivity contribution in [2.75, 3.05) is 6.73 Å². The molecule has 5 rings (SSSR count). The first-order chi connectivity index (χ1) is 11.3. The molecule has 120 valence electrons. The van der Waals surface area contributed by atoms with Gasteiger partial charge in [-0.1, -0.05) is 31.0 Å². The average Bonchev–Trinajstić information content (AvgIpc) is 3.03. The molecule has 2 aliphatic heterocycles.